The van der Waals surface area contributed by atoms with E-state index in [9.17, 15) is 9.18 Å². The molecule has 4 heteroatoms. The Morgan fingerprint density at radius 2 is 2.23 bits per heavy atom. The second kappa shape index (κ2) is 3.55. The van der Waals surface area contributed by atoms with Gasteiger partial charge in [-0.3, -0.25) is 4.79 Å². The molecule has 0 amide bonds. The van der Waals surface area contributed by atoms with Gasteiger partial charge in [0.15, 0.2) is 5.78 Å². The fourth-order valence-corrected chi connectivity index (χ4v) is 1.29. The summed E-state index contributed by atoms with van der Waals surface area (Å²) in [5.41, 5.74) is -0.117. The zero-order valence-electron chi connectivity index (χ0n) is 6.77. The number of halogens is 2. The van der Waals surface area contributed by atoms with E-state index in [-0.39, 0.29) is 16.1 Å². The predicted molar refractivity (Wildman–Crippen MR) is 46.1 cm³/mol. The first-order valence-electron chi connectivity index (χ1n) is 3.47. The maximum atomic E-state index is 13.0. The van der Waals surface area contributed by atoms with Crippen LogP contribution in [0.4, 0.5) is 4.39 Å². The lowest BCUT2D eigenvalue weighted by Crippen LogP contribution is -1.99. The molecule has 0 bridgehead atoms. The van der Waals surface area contributed by atoms with E-state index in [1.165, 1.54) is 13.0 Å². The van der Waals surface area contributed by atoms with Crippen LogP contribution in [-0.4, -0.2) is 5.78 Å². The third-order valence-electron chi connectivity index (χ3n) is 1.56. The number of ketones is 1. The van der Waals surface area contributed by atoms with Gasteiger partial charge in [0.05, 0.1) is 16.1 Å². The lowest BCUT2D eigenvalue weighted by atomic mass is 10.1. The molecule has 0 saturated carbocycles. The van der Waals surface area contributed by atoms with Crippen LogP contribution in [0.1, 0.15) is 22.8 Å². The predicted octanol–water partition coefficient (Wildman–Crippen LogP) is 2.55. The minimum absolute atomic E-state index is 0.105. The highest BCUT2D eigenvalue weighted by atomic mass is 35.5. The summed E-state index contributed by atoms with van der Waals surface area (Å²) in [5.74, 6) is -1.18. The van der Waals surface area contributed by atoms with Crippen molar-refractivity contribution in [2.45, 2.75) is 6.92 Å². The molecule has 2 nitrogen and oxygen atoms in total. The summed E-state index contributed by atoms with van der Waals surface area (Å²) in [4.78, 5) is 10.9. The molecule has 1 aromatic carbocycles. The smallest absolute Gasteiger partial charge is 0.164 e. The third kappa shape index (κ3) is 1.68. The van der Waals surface area contributed by atoms with Crippen molar-refractivity contribution < 1.29 is 9.18 Å². The van der Waals surface area contributed by atoms with Gasteiger partial charge in [0.25, 0.3) is 0 Å². The summed E-state index contributed by atoms with van der Waals surface area (Å²) >= 11 is 5.63. The van der Waals surface area contributed by atoms with Gasteiger partial charge in [-0.1, -0.05) is 11.6 Å². The SMILES string of the molecule is CC(=O)c1c(F)ccc(C#N)c1Cl. The summed E-state index contributed by atoms with van der Waals surface area (Å²) in [6.07, 6.45) is 0. The molecule has 0 saturated heterocycles. The van der Waals surface area contributed by atoms with Gasteiger partial charge in [-0.2, -0.15) is 5.26 Å². The van der Waals surface area contributed by atoms with E-state index in [0.717, 1.165) is 6.07 Å². The minimum Gasteiger partial charge on any atom is -0.294 e. The third-order valence-corrected chi connectivity index (χ3v) is 1.96. The molecular weight excluding hydrogens is 193 g/mol. The molecular formula is C9H5ClFNO. The van der Waals surface area contributed by atoms with Gasteiger partial charge in [0.1, 0.15) is 11.9 Å². The molecule has 0 aliphatic carbocycles. The number of rotatable bonds is 1. The zero-order chi connectivity index (χ0) is 10.0. The first-order valence-corrected chi connectivity index (χ1v) is 3.84. The number of nitriles is 1. The second-order valence-electron chi connectivity index (χ2n) is 2.45. The van der Waals surface area contributed by atoms with Crippen molar-refractivity contribution in [1.29, 1.82) is 5.26 Å². The highest BCUT2D eigenvalue weighted by Crippen LogP contribution is 2.23. The lowest BCUT2D eigenvalue weighted by molar-refractivity contribution is 0.101. The summed E-state index contributed by atoms with van der Waals surface area (Å²) in [7, 11) is 0. The molecule has 0 unspecified atom stereocenters. The van der Waals surface area contributed by atoms with Gasteiger partial charge < -0.3 is 0 Å². The van der Waals surface area contributed by atoms with Crippen LogP contribution < -0.4 is 0 Å². The number of carbonyl (C=O) groups excluding carboxylic acids is 1. The van der Waals surface area contributed by atoms with Crippen molar-refractivity contribution in [1.82, 2.24) is 0 Å². The molecule has 0 atom stereocenters. The summed E-state index contributed by atoms with van der Waals surface area (Å²) < 4.78 is 13.0. The quantitative estimate of drug-likeness (QED) is 0.650. The maximum Gasteiger partial charge on any atom is 0.164 e. The lowest BCUT2D eigenvalue weighted by Gasteiger charge is -2.02. The minimum atomic E-state index is -0.698. The van der Waals surface area contributed by atoms with E-state index in [0.29, 0.717) is 0 Å². The van der Waals surface area contributed by atoms with Crippen LogP contribution in [0.3, 0.4) is 0 Å². The molecule has 1 aromatic rings. The summed E-state index contributed by atoms with van der Waals surface area (Å²) in [5, 5.41) is 8.43. The standard InChI is InChI=1S/C9H5ClFNO/c1-5(13)8-7(11)3-2-6(4-12)9(8)10/h2-3H,1H3. The Labute approximate surface area is 79.5 Å². The van der Waals surface area contributed by atoms with E-state index < -0.39 is 11.6 Å². The number of Topliss-reactive ketones (excluding diaryl/α,β-unsaturated/α-hetero) is 1. The van der Waals surface area contributed by atoms with Gasteiger partial charge in [-0.05, 0) is 19.1 Å². The maximum absolute atomic E-state index is 13.0. The summed E-state index contributed by atoms with van der Waals surface area (Å²) in [6.45, 7) is 1.20. The Kier molecular flexibility index (Phi) is 2.64. The molecule has 0 aliphatic heterocycles. The van der Waals surface area contributed by atoms with E-state index in [1.807, 2.05) is 0 Å². The Balaban J connectivity index is 3.50. The molecule has 0 heterocycles. The first-order chi connectivity index (χ1) is 6.07. The average molecular weight is 198 g/mol. The fraction of sp³-hybridized carbons (Fsp3) is 0.111. The number of hydrogen-bond donors (Lipinski definition) is 0. The normalized spacial score (nSPS) is 9.38. The van der Waals surface area contributed by atoms with Crippen LogP contribution in [0.15, 0.2) is 12.1 Å². The van der Waals surface area contributed by atoms with Crippen molar-refractivity contribution in [3.8, 4) is 6.07 Å². The van der Waals surface area contributed by atoms with Gasteiger partial charge >= 0.3 is 0 Å². The molecule has 0 N–H and O–H groups in total. The molecule has 1 rings (SSSR count). The molecule has 0 aromatic heterocycles. The van der Waals surface area contributed by atoms with E-state index in [2.05, 4.69) is 0 Å². The van der Waals surface area contributed by atoms with Crippen LogP contribution >= 0.6 is 11.6 Å². The van der Waals surface area contributed by atoms with Crippen molar-refractivity contribution in [2.24, 2.45) is 0 Å². The van der Waals surface area contributed by atoms with Crippen molar-refractivity contribution >= 4 is 17.4 Å². The monoisotopic (exact) mass is 197 g/mol. The van der Waals surface area contributed by atoms with Crippen LogP contribution in [-0.2, 0) is 0 Å². The number of nitrogens with zero attached hydrogens (tertiary/aromatic N) is 1. The highest BCUT2D eigenvalue weighted by molar-refractivity contribution is 6.35. The average Bonchev–Trinajstić information content (AvgIpc) is 2.04. The Bertz CT molecular complexity index is 409. The van der Waals surface area contributed by atoms with Gasteiger partial charge in [0, 0.05) is 0 Å². The first kappa shape index (κ1) is 9.69. The molecule has 0 spiro atoms. The zero-order valence-corrected chi connectivity index (χ0v) is 7.52. The fourth-order valence-electron chi connectivity index (χ4n) is 0.962. The largest absolute Gasteiger partial charge is 0.294 e. The van der Waals surface area contributed by atoms with Crippen LogP contribution in [0.2, 0.25) is 5.02 Å². The van der Waals surface area contributed by atoms with Crippen LogP contribution in [0, 0.1) is 17.1 Å². The van der Waals surface area contributed by atoms with Gasteiger partial charge in [-0.15, -0.1) is 0 Å². The number of benzene rings is 1. The second-order valence-corrected chi connectivity index (χ2v) is 2.83. The Hall–Kier alpha value is -1.40. The highest BCUT2D eigenvalue weighted by Gasteiger charge is 2.14. The Morgan fingerprint density at radius 3 is 2.69 bits per heavy atom. The van der Waals surface area contributed by atoms with Crippen LogP contribution in [0.5, 0.6) is 0 Å². The molecule has 13 heavy (non-hydrogen) atoms. The van der Waals surface area contributed by atoms with E-state index in [1.54, 1.807) is 6.07 Å². The molecule has 66 valence electrons. The Morgan fingerprint density at radius 1 is 1.62 bits per heavy atom. The van der Waals surface area contributed by atoms with Crippen LogP contribution in [0.25, 0.3) is 0 Å². The molecule has 0 aliphatic rings. The van der Waals surface area contributed by atoms with Crippen molar-refractivity contribution in [3.05, 3.63) is 34.1 Å². The number of hydrogen-bond acceptors (Lipinski definition) is 2. The molecule has 0 radical (unpaired) electrons. The topological polar surface area (TPSA) is 40.9 Å². The van der Waals surface area contributed by atoms with Crippen molar-refractivity contribution in [3.63, 3.8) is 0 Å². The van der Waals surface area contributed by atoms with E-state index in [4.69, 9.17) is 16.9 Å². The molecule has 0 fully saturated rings. The van der Waals surface area contributed by atoms with Gasteiger partial charge in [-0.25, -0.2) is 4.39 Å². The van der Waals surface area contributed by atoms with Gasteiger partial charge in [0.2, 0.25) is 0 Å². The number of carbonyl (C=O) groups is 1. The summed E-state index contributed by atoms with van der Waals surface area (Å²) in [6, 6.07) is 4.06. The van der Waals surface area contributed by atoms with E-state index >= 15 is 0 Å². The van der Waals surface area contributed by atoms with Crippen molar-refractivity contribution in [2.75, 3.05) is 0 Å².